The number of hydrogen-bond acceptors (Lipinski definition) is 6. The number of nitro groups is 1. The molecule has 0 aliphatic carbocycles. The van der Waals surface area contributed by atoms with E-state index >= 15 is 0 Å². The Morgan fingerprint density at radius 2 is 2.10 bits per heavy atom. The third-order valence-corrected chi connectivity index (χ3v) is 6.28. The van der Waals surface area contributed by atoms with E-state index in [9.17, 15) is 18.5 Å². The van der Waals surface area contributed by atoms with Crippen LogP contribution in [0, 0.1) is 10.1 Å². The Hall–Kier alpha value is -0.740. The molecule has 1 heterocycles. The van der Waals surface area contributed by atoms with Crippen LogP contribution in [0.5, 0.6) is 0 Å². The van der Waals surface area contributed by atoms with E-state index in [1.165, 1.54) is 7.05 Å². The van der Waals surface area contributed by atoms with E-state index in [1.807, 2.05) is 0 Å². The number of sulfonamides is 1. The van der Waals surface area contributed by atoms with Crippen molar-refractivity contribution < 1.29 is 18.4 Å². The minimum Gasteiger partial charge on any atom is -0.396 e. The Kier molecular flexibility index (Phi) is 6.34. The van der Waals surface area contributed by atoms with Crippen LogP contribution in [0.3, 0.4) is 0 Å². The monoisotopic (exact) mass is 342 g/mol. The molecule has 0 fully saturated rings. The van der Waals surface area contributed by atoms with Gasteiger partial charge in [-0.2, -0.15) is 0 Å². The first kappa shape index (κ1) is 17.3. The molecule has 0 aliphatic heterocycles. The predicted octanol–water partition coefficient (Wildman–Crippen LogP) is 2.09. The summed E-state index contributed by atoms with van der Waals surface area (Å²) in [5.74, 6) is 0. The summed E-state index contributed by atoms with van der Waals surface area (Å²) < 4.78 is 25.2. The topological polar surface area (TPSA) is 101 Å². The van der Waals surface area contributed by atoms with Gasteiger partial charge in [0.2, 0.25) is 0 Å². The molecular weight excluding hydrogens is 328 g/mol. The molecular formula is C10H15ClN2O5S2. The van der Waals surface area contributed by atoms with Crippen LogP contribution >= 0.6 is 22.9 Å². The van der Waals surface area contributed by atoms with Gasteiger partial charge < -0.3 is 5.11 Å². The van der Waals surface area contributed by atoms with E-state index in [4.69, 9.17) is 16.7 Å². The third kappa shape index (κ3) is 4.13. The zero-order valence-electron chi connectivity index (χ0n) is 10.8. The number of rotatable bonds is 8. The molecule has 0 saturated carbocycles. The van der Waals surface area contributed by atoms with Crippen LogP contribution in [0.1, 0.15) is 19.3 Å². The summed E-state index contributed by atoms with van der Waals surface area (Å²) in [5, 5.41) is 19.3. The number of unbranched alkanes of at least 4 members (excludes halogenated alkanes) is 2. The maximum Gasteiger partial charge on any atom is 0.300 e. The van der Waals surface area contributed by atoms with E-state index in [1.54, 1.807) is 0 Å². The Morgan fingerprint density at radius 1 is 1.45 bits per heavy atom. The third-order valence-electron chi connectivity index (χ3n) is 2.64. The fourth-order valence-electron chi connectivity index (χ4n) is 1.49. The molecule has 0 bridgehead atoms. The van der Waals surface area contributed by atoms with Gasteiger partial charge in [-0.1, -0.05) is 11.6 Å². The highest BCUT2D eigenvalue weighted by atomic mass is 35.5. The van der Waals surface area contributed by atoms with E-state index in [0.717, 1.165) is 10.4 Å². The van der Waals surface area contributed by atoms with Crippen molar-refractivity contribution in [3.63, 3.8) is 0 Å². The van der Waals surface area contributed by atoms with Gasteiger partial charge in [-0.05, 0) is 19.3 Å². The number of aliphatic hydroxyl groups excluding tert-OH is 1. The highest BCUT2D eigenvalue weighted by molar-refractivity contribution is 7.91. The second kappa shape index (κ2) is 7.32. The molecule has 1 N–H and O–H groups in total. The standard InChI is InChI=1S/C10H15ClN2O5S2/c1-12(5-3-2-4-6-14)20(17,18)9-7-8(13(15)16)10(11)19-9/h7,14H,2-6H2,1H3. The van der Waals surface area contributed by atoms with Crippen molar-refractivity contribution in [1.29, 1.82) is 0 Å². The van der Waals surface area contributed by atoms with Gasteiger partial charge in [0.1, 0.15) is 4.21 Å². The zero-order chi connectivity index (χ0) is 15.3. The number of nitrogens with zero attached hydrogens (tertiary/aromatic N) is 2. The van der Waals surface area contributed by atoms with Gasteiger partial charge in [0.05, 0.1) is 4.92 Å². The van der Waals surface area contributed by atoms with E-state index in [2.05, 4.69) is 0 Å². The van der Waals surface area contributed by atoms with Crippen molar-refractivity contribution in [2.24, 2.45) is 0 Å². The van der Waals surface area contributed by atoms with Crippen LogP contribution in [-0.2, 0) is 10.0 Å². The lowest BCUT2D eigenvalue weighted by molar-refractivity contribution is -0.384. The molecule has 7 nitrogen and oxygen atoms in total. The predicted molar refractivity (Wildman–Crippen MR) is 76.7 cm³/mol. The molecule has 20 heavy (non-hydrogen) atoms. The SMILES string of the molecule is CN(CCCCCO)S(=O)(=O)c1cc([N+](=O)[O-])c(Cl)s1. The number of thiophene rings is 1. The first-order valence-corrected chi connectivity index (χ1v) is 8.45. The van der Waals surface area contributed by atoms with Crippen molar-refractivity contribution in [3.8, 4) is 0 Å². The second-order valence-corrected chi connectivity index (χ2v) is 8.02. The van der Waals surface area contributed by atoms with Crippen LogP contribution in [0.4, 0.5) is 5.69 Å². The van der Waals surface area contributed by atoms with Gasteiger partial charge in [0.15, 0.2) is 4.34 Å². The normalized spacial score (nSPS) is 12.0. The Bertz CT molecular complexity index is 572. The van der Waals surface area contributed by atoms with Crippen molar-refractivity contribution >= 4 is 38.6 Å². The minimum absolute atomic E-state index is 0.0726. The summed E-state index contributed by atoms with van der Waals surface area (Å²) in [6.07, 6.45) is 1.93. The van der Waals surface area contributed by atoms with Crippen molar-refractivity contribution in [2.45, 2.75) is 23.5 Å². The largest absolute Gasteiger partial charge is 0.396 e. The summed E-state index contributed by atoms with van der Waals surface area (Å²) in [4.78, 5) is 9.96. The Labute approximate surface area is 126 Å². The van der Waals surface area contributed by atoms with Gasteiger partial charge in [0, 0.05) is 26.3 Å². The molecule has 1 aromatic rings. The molecule has 0 amide bonds. The average Bonchev–Trinajstić information content (AvgIpc) is 2.77. The number of halogens is 1. The summed E-state index contributed by atoms with van der Waals surface area (Å²) in [6.45, 7) is 0.356. The fourth-order valence-corrected chi connectivity index (χ4v) is 4.57. The maximum absolute atomic E-state index is 12.2. The van der Waals surface area contributed by atoms with Crippen LogP contribution in [0.25, 0.3) is 0 Å². The maximum atomic E-state index is 12.2. The lowest BCUT2D eigenvalue weighted by Gasteiger charge is -2.15. The quantitative estimate of drug-likeness (QED) is 0.443. The average molecular weight is 343 g/mol. The highest BCUT2D eigenvalue weighted by Gasteiger charge is 2.28. The van der Waals surface area contributed by atoms with Crippen LogP contribution < -0.4 is 0 Å². The molecule has 0 spiro atoms. The second-order valence-electron chi connectivity index (χ2n) is 4.09. The Balaban J connectivity index is 2.82. The van der Waals surface area contributed by atoms with Gasteiger partial charge in [-0.3, -0.25) is 10.1 Å². The van der Waals surface area contributed by atoms with E-state index in [0.29, 0.717) is 30.6 Å². The molecule has 0 atom stereocenters. The number of hydrogen-bond donors (Lipinski definition) is 1. The molecule has 10 heteroatoms. The molecule has 114 valence electrons. The molecule has 0 unspecified atom stereocenters. The van der Waals surface area contributed by atoms with E-state index in [-0.39, 0.29) is 21.7 Å². The minimum atomic E-state index is -3.76. The molecule has 0 saturated heterocycles. The van der Waals surface area contributed by atoms with Crippen molar-refractivity contribution in [1.82, 2.24) is 4.31 Å². The smallest absolute Gasteiger partial charge is 0.300 e. The van der Waals surface area contributed by atoms with Gasteiger partial charge >= 0.3 is 0 Å². The van der Waals surface area contributed by atoms with Crippen molar-refractivity contribution in [3.05, 3.63) is 20.5 Å². The van der Waals surface area contributed by atoms with Gasteiger partial charge in [-0.25, -0.2) is 12.7 Å². The molecule has 1 aromatic heterocycles. The highest BCUT2D eigenvalue weighted by Crippen LogP contribution is 2.37. The molecule has 0 radical (unpaired) electrons. The first-order valence-electron chi connectivity index (χ1n) is 5.81. The van der Waals surface area contributed by atoms with Gasteiger partial charge in [0.25, 0.3) is 15.7 Å². The summed E-state index contributed by atoms with van der Waals surface area (Å²) >= 11 is 6.34. The van der Waals surface area contributed by atoms with Crippen molar-refractivity contribution in [2.75, 3.05) is 20.2 Å². The lowest BCUT2D eigenvalue weighted by atomic mass is 10.2. The fraction of sp³-hybridized carbons (Fsp3) is 0.600. The number of aliphatic hydroxyl groups is 1. The molecule has 0 aromatic carbocycles. The summed E-state index contributed by atoms with van der Waals surface area (Å²) in [5.41, 5.74) is -0.399. The lowest BCUT2D eigenvalue weighted by Crippen LogP contribution is -2.27. The van der Waals surface area contributed by atoms with Gasteiger partial charge in [-0.15, -0.1) is 11.3 Å². The van der Waals surface area contributed by atoms with Crippen LogP contribution in [-0.4, -0.2) is 43.0 Å². The first-order chi connectivity index (χ1) is 9.30. The molecule has 1 rings (SSSR count). The summed E-state index contributed by atoms with van der Waals surface area (Å²) in [7, 11) is -2.35. The van der Waals surface area contributed by atoms with Crippen LogP contribution in [0.2, 0.25) is 4.34 Å². The van der Waals surface area contributed by atoms with Crippen LogP contribution in [0.15, 0.2) is 10.3 Å². The zero-order valence-corrected chi connectivity index (χ0v) is 13.2. The Morgan fingerprint density at radius 3 is 2.60 bits per heavy atom. The molecule has 0 aliphatic rings. The van der Waals surface area contributed by atoms with E-state index < -0.39 is 20.6 Å². The summed E-state index contributed by atoms with van der Waals surface area (Å²) in [6, 6.07) is 0.979.